The third-order valence-corrected chi connectivity index (χ3v) is 11.0. The van der Waals surface area contributed by atoms with Gasteiger partial charge in [0.1, 0.15) is 0 Å². The Balaban J connectivity index is 0.00000243. The Bertz CT molecular complexity index is 824. The van der Waals surface area contributed by atoms with Crippen LogP contribution >= 0.6 is 0 Å². The molecule has 0 unspecified atom stereocenters. The summed E-state index contributed by atoms with van der Waals surface area (Å²) < 4.78 is 1.53. The molecule has 28 heavy (non-hydrogen) atoms. The number of allylic oxidation sites excluding steroid dienone is 4. The molecule has 0 aliphatic heterocycles. The van der Waals surface area contributed by atoms with Gasteiger partial charge in [-0.15, -0.1) is 0 Å². The molecule has 0 nitrogen and oxygen atoms in total. The minimum Gasteiger partial charge on any atom is -1.00 e. The Morgan fingerprint density at radius 3 is 1.32 bits per heavy atom. The molecule has 0 radical (unpaired) electrons. The van der Waals surface area contributed by atoms with Crippen molar-refractivity contribution < 1.29 is 57.7 Å². The summed E-state index contributed by atoms with van der Waals surface area (Å²) in [6.45, 7) is 13.8. The van der Waals surface area contributed by atoms with Crippen LogP contribution in [0.25, 0.3) is 0 Å². The zero-order chi connectivity index (χ0) is 18.4. The molecule has 5 heteroatoms. The summed E-state index contributed by atoms with van der Waals surface area (Å²) in [6, 6.07) is 14.3. The Morgan fingerprint density at radius 2 is 1.04 bits per heavy atom. The minimum atomic E-state index is -2.00. The van der Waals surface area contributed by atoms with Gasteiger partial charge in [-0.05, 0) is 0 Å². The van der Waals surface area contributed by atoms with Crippen molar-refractivity contribution in [2.75, 3.05) is 0 Å². The van der Waals surface area contributed by atoms with Crippen LogP contribution in [0.3, 0.4) is 0 Å². The normalized spacial score (nSPS) is 13.4. The molecule has 0 spiro atoms. The smallest absolute Gasteiger partial charge is 1.00 e. The van der Waals surface area contributed by atoms with Crippen molar-refractivity contribution in [3.8, 4) is 0 Å². The summed E-state index contributed by atoms with van der Waals surface area (Å²) in [5.41, 5.74) is 7.00. The standard InChI is InChI=1S/C23H27Si.3ClH.Ti/c1-16-10-17(2)13-21(12-16)24(6,23-9-7-8-20(23)5)22-14-18(3)11-19(4)15-22;;;;/h9-15H,7H2,1-6H3;3*1H;/q;;;;+3/p-3. The molecule has 0 atom stereocenters. The number of hydrogen-bond donors (Lipinski definition) is 0. The molecule has 0 heterocycles. The van der Waals surface area contributed by atoms with Gasteiger partial charge in [-0.2, -0.15) is 0 Å². The molecule has 2 aromatic rings. The van der Waals surface area contributed by atoms with Crippen molar-refractivity contribution in [3.05, 3.63) is 79.4 Å². The fourth-order valence-corrected chi connectivity index (χ4v) is 9.25. The maximum absolute atomic E-state index is 2.54. The number of aryl methyl sites for hydroxylation is 4. The van der Waals surface area contributed by atoms with Crippen molar-refractivity contribution in [2.24, 2.45) is 0 Å². The molecule has 0 bridgehead atoms. The molecule has 2 aromatic carbocycles. The van der Waals surface area contributed by atoms with E-state index >= 15 is 0 Å². The van der Waals surface area contributed by atoms with E-state index in [1.807, 2.05) is 0 Å². The van der Waals surface area contributed by atoms with Gasteiger partial charge in [-0.1, -0.05) is 0 Å². The van der Waals surface area contributed by atoms with E-state index in [0.29, 0.717) is 0 Å². The molecule has 1 aliphatic rings. The summed E-state index contributed by atoms with van der Waals surface area (Å²) >= 11 is 2.29. The van der Waals surface area contributed by atoms with Gasteiger partial charge in [0.15, 0.2) is 0 Å². The zero-order valence-corrected chi connectivity index (χ0v) is 22.2. The quantitative estimate of drug-likeness (QED) is 0.387. The molecular formula is C23H27Cl3SiTi. The van der Waals surface area contributed by atoms with Gasteiger partial charge in [0.05, 0.1) is 0 Å². The van der Waals surface area contributed by atoms with Gasteiger partial charge in [0, 0.05) is 0 Å². The first-order valence-electron chi connectivity index (χ1n) is 9.01. The third-order valence-electron chi connectivity index (χ3n) is 5.50. The van der Waals surface area contributed by atoms with Crippen LogP contribution in [-0.4, -0.2) is 8.07 Å². The summed E-state index contributed by atoms with van der Waals surface area (Å²) in [5.74, 6) is 0. The molecule has 0 amide bonds. The second kappa shape index (κ2) is 10.7. The second-order valence-corrected chi connectivity index (χ2v) is 12.7. The molecule has 0 fully saturated rings. The van der Waals surface area contributed by atoms with E-state index in [-0.39, 0.29) is 37.2 Å². The van der Waals surface area contributed by atoms with Gasteiger partial charge in [0.2, 0.25) is 0 Å². The van der Waals surface area contributed by atoms with Crippen LogP contribution in [-0.2, 0) is 20.4 Å². The average Bonchev–Trinajstić information content (AvgIpc) is 2.84. The molecule has 3 rings (SSSR count). The van der Waals surface area contributed by atoms with Gasteiger partial charge in [-0.3, -0.25) is 0 Å². The van der Waals surface area contributed by atoms with Crippen molar-refractivity contribution in [1.82, 2.24) is 0 Å². The van der Waals surface area contributed by atoms with Crippen molar-refractivity contribution >= 4 is 18.4 Å². The number of rotatable bonds is 3. The van der Waals surface area contributed by atoms with Crippen LogP contribution in [0, 0.1) is 27.7 Å². The van der Waals surface area contributed by atoms with E-state index in [2.05, 4.69) is 104 Å². The van der Waals surface area contributed by atoms with Crippen molar-refractivity contribution in [2.45, 2.75) is 47.6 Å². The SMILES string of the molecule is CC1=[C]([Ti+3])CC=C1[Si](C)(c1cc(C)cc(C)c1)c1cc(C)cc(C)c1.[Cl-].[Cl-].[Cl-]. The van der Waals surface area contributed by atoms with Crippen molar-refractivity contribution in [3.63, 3.8) is 0 Å². The number of halogens is 3. The van der Waals surface area contributed by atoms with Gasteiger partial charge in [-0.25, -0.2) is 0 Å². The molecule has 148 valence electrons. The summed E-state index contributed by atoms with van der Waals surface area (Å²) in [6.07, 6.45) is 3.62. The fraction of sp³-hybridized carbons (Fsp3) is 0.304. The van der Waals surface area contributed by atoms with Crippen LogP contribution in [0.4, 0.5) is 0 Å². The fourth-order valence-electron chi connectivity index (χ4n) is 4.26. The van der Waals surface area contributed by atoms with Gasteiger partial charge >= 0.3 is 166 Å². The molecule has 1 aliphatic carbocycles. The first-order valence-corrected chi connectivity index (χ1v) is 12.3. The van der Waals surface area contributed by atoms with E-state index in [4.69, 9.17) is 0 Å². The zero-order valence-electron chi connectivity index (χ0n) is 17.4. The molecule has 0 saturated carbocycles. The van der Waals surface area contributed by atoms with Crippen LogP contribution < -0.4 is 47.6 Å². The van der Waals surface area contributed by atoms with Gasteiger partial charge < -0.3 is 37.2 Å². The van der Waals surface area contributed by atoms with E-state index in [0.717, 1.165) is 6.42 Å². The molecule has 0 saturated heterocycles. The summed E-state index contributed by atoms with van der Waals surface area (Å²) in [4.78, 5) is 0. The van der Waals surface area contributed by atoms with Crippen LogP contribution in [0.2, 0.25) is 6.55 Å². The average molecular weight is 486 g/mol. The molecular weight excluding hydrogens is 459 g/mol. The Kier molecular flexibility index (Phi) is 10.6. The van der Waals surface area contributed by atoms with Crippen molar-refractivity contribution in [1.29, 1.82) is 0 Å². The Hall–Kier alpha value is -0.279. The molecule has 0 aromatic heterocycles. The summed E-state index contributed by atoms with van der Waals surface area (Å²) in [5, 5.41) is 4.69. The van der Waals surface area contributed by atoms with Crippen LogP contribution in [0.1, 0.15) is 35.6 Å². The summed E-state index contributed by atoms with van der Waals surface area (Å²) in [7, 11) is -2.00. The minimum absolute atomic E-state index is 0. The Labute approximate surface area is 201 Å². The van der Waals surface area contributed by atoms with Crippen LogP contribution in [0.5, 0.6) is 0 Å². The first-order chi connectivity index (χ1) is 11.7. The number of benzene rings is 2. The van der Waals surface area contributed by atoms with E-state index in [9.17, 15) is 0 Å². The maximum atomic E-state index is 2.54. The third kappa shape index (κ3) is 5.25. The first kappa shape index (κ1) is 27.7. The topological polar surface area (TPSA) is 0 Å². The van der Waals surface area contributed by atoms with Gasteiger partial charge in [0.25, 0.3) is 0 Å². The predicted octanol–water partition coefficient (Wildman–Crippen LogP) is -4.18. The van der Waals surface area contributed by atoms with E-state index in [1.165, 1.54) is 42.1 Å². The van der Waals surface area contributed by atoms with E-state index in [1.54, 1.807) is 5.20 Å². The monoisotopic (exact) mass is 484 g/mol. The Morgan fingerprint density at radius 1 is 0.679 bits per heavy atom. The van der Waals surface area contributed by atoms with Crippen LogP contribution in [0.15, 0.2) is 57.1 Å². The maximum Gasteiger partial charge on any atom is -1.00 e. The molecule has 0 N–H and O–H groups in total. The number of hydrogen-bond acceptors (Lipinski definition) is 0. The van der Waals surface area contributed by atoms with E-state index < -0.39 is 8.07 Å². The predicted molar refractivity (Wildman–Crippen MR) is 108 cm³/mol. The largest absolute Gasteiger partial charge is 1.00 e. The second-order valence-electron chi connectivity index (χ2n) is 7.80.